The molecule has 1 N–H and O–H groups in total. The molecule has 0 saturated heterocycles. The average molecular weight is 372 g/mol. The van der Waals surface area contributed by atoms with Crippen molar-refractivity contribution >= 4 is 28.5 Å². The highest BCUT2D eigenvalue weighted by atomic mass is 35.5. The van der Waals surface area contributed by atoms with Gasteiger partial charge >= 0.3 is 0 Å². The molecule has 26 heavy (non-hydrogen) atoms. The highest BCUT2D eigenvalue weighted by molar-refractivity contribution is 6.32. The topological polar surface area (TPSA) is 60.7 Å². The van der Waals surface area contributed by atoms with Crippen molar-refractivity contribution in [2.24, 2.45) is 0 Å². The fourth-order valence-electron chi connectivity index (χ4n) is 3.03. The first-order valence-corrected chi connectivity index (χ1v) is 8.84. The second kappa shape index (κ2) is 6.92. The summed E-state index contributed by atoms with van der Waals surface area (Å²) in [5.41, 5.74) is 1.58. The Bertz CT molecular complexity index is 933. The summed E-state index contributed by atoms with van der Waals surface area (Å²) in [6, 6.07) is 13.0. The second-order valence-corrected chi connectivity index (χ2v) is 6.66. The van der Waals surface area contributed by atoms with E-state index in [1.165, 1.54) is 0 Å². The van der Waals surface area contributed by atoms with Crippen LogP contribution in [0.5, 0.6) is 11.5 Å². The smallest absolute Gasteiger partial charge is 0.225 e. The fraction of sp³-hybridized carbons (Fsp3) is 0.250. The van der Waals surface area contributed by atoms with Crippen LogP contribution in [0.4, 0.5) is 0 Å². The SMILES string of the molecule is CC(NC(=O)Cc1cc(Cl)c2c(c1)OCCO2)c1cc2ccccc2o1. The van der Waals surface area contributed by atoms with Gasteiger partial charge in [0, 0.05) is 5.39 Å². The number of nitrogens with one attached hydrogen (secondary N) is 1. The number of ether oxygens (including phenoxy) is 2. The molecule has 1 aliphatic heterocycles. The number of furan rings is 1. The molecule has 2 heterocycles. The molecule has 1 unspecified atom stereocenters. The summed E-state index contributed by atoms with van der Waals surface area (Å²) < 4.78 is 16.9. The fourth-order valence-corrected chi connectivity index (χ4v) is 3.32. The van der Waals surface area contributed by atoms with Crippen LogP contribution in [0.1, 0.15) is 24.3 Å². The summed E-state index contributed by atoms with van der Waals surface area (Å²) in [5.74, 6) is 1.72. The number of carbonyl (C=O) groups is 1. The highest BCUT2D eigenvalue weighted by Crippen LogP contribution is 2.38. The number of fused-ring (bicyclic) bond motifs is 2. The van der Waals surface area contributed by atoms with Gasteiger partial charge in [0.15, 0.2) is 11.5 Å². The third-order valence-corrected chi connectivity index (χ3v) is 4.55. The van der Waals surface area contributed by atoms with Crippen molar-refractivity contribution in [3.8, 4) is 11.5 Å². The van der Waals surface area contributed by atoms with Crippen molar-refractivity contribution in [1.29, 1.82) is 0 Å². The Morgan fingerprint density at radius 2 is 2.00 bits per heavy atom. The van der Waals surface area contributed by atoms with Crippen molar-refractivity contribution in [1.82, 2.24) is 5.32 Å². The van der Waals surface area contributed by atoms with Crippen LogP contribution in [0.2, 0.25) is 5.02 Å². The van der Waals surface area contributed by atoms with E-state index in [0.717, 1.165) is 22.3 Å². The predicted molar refractivity (Wildman–Crippen MR) is 98.9 cm³/mol. The summed E-state index contributed by atoms with van der Waals surface area (Å²) >= 11 is 6.23. The molecule has 0 aliphatic carbocycles. The van der Waals surface area contributed by atoms with Crippen LogP contribution in [0.25, 0.3) is 11.0 Å². The predicted octanol–water partition coefficient (Wildman–Crippen LogP) is 4.28. The molecular formula is C20H18ClNO4. The van der Waals surface area contributed by atoms with E-state index in [1.54, 1.807) is 12.1 Å². The number of para-hydroxylation sites is 1. The molecule has 0 bridgehead atoms. The van der Waals surface area contributed by atoms with E-state index in [2.05, 4.69) is 5.32 Å². The van der Waals surface area contributed by atoms with Gasteiger partial charge in [-0.05, 0) is 36.8 Å². The zero-order valence-corrected chi connectivity index (χ0v) is 15.0. The normalized spacial score (nSPS) is 14.2. The van der Waals surface area contributed by atoms with Crippen molar-refractivity contribution < 1.29 is 18.7 Å². The average Bonchev–Trinajstić information content (AvgIpc) is 3.06. The number of rotatable bonds is 4. The van der Waals surface area contributed by atoms with Crippen LogP contribution in [-0.2, 0) is 11.2 Å². The molecule has 1 aromatic heterocycles. The Balaban J connectivity index is 1.46. The van der Waals surface area contributed by atoms with Gasteiger partial charge in [0.05, 0.1) is 17.5 Å². The van der Waals surface area contributed by atoms with E-state index in [1.807, 2.05) is 37.3 Å². The minimum atomic E-state index is -0.234. The van der Waals surface area contributed by atoms with Gasteiger partial charge in [0.1, 0.15) is 24.6 Å². The van der Waals surface area contributed by atoms with E-state index in [-0.39, 0.29) is 18.4 Å². The maximum Gasteiger partial charge on any atom is 0.225 e. The van der Waals surface area contributed by atoms with E-state index in [0.29, 0.717) is 29.7 Å². The van der Waals surface area contributed by atoms with Crippen LogP contribution in [0, 0.1) is 0 Å². The molecule has 1 atom stereocenters. The molecule has 1 aliphatic rings. The Morgan fingerprint density at radius 1 is 1.19 bits per heavy atom. The van der Waals surface area contributed by atoms with Crippen molar-refractivity contribution in [3.63, 3.8) is 0 Å². The lowest BCUT2D eigenvalue weighted by Crippen LogP contribution is -2.28. The lowest BCUT2D eigenvalue weighted by molar-refractivity contribution is -0.121. The first-order valence-electron chi connectivity index (χ1n) is 8.46. The summed E-state index contributed by atoms with van der Waals surface area (Å²) in [6.07, 6.45) is 0.195. The van der Waals surface area contributed by atoms with Gasteiger partial charge < -0.3 is 19.2 Å². The first kappa shape index (κ1) is 16.8. The molecule has 0 fully saturated rings. The van der Waals surface area contributed by atoms with Gasteiger partial charge in [-0.3, -0.25) is 4.79 Å². The van der Waals surface area contributed by atoms with E-state index in [9.17, 15) is 4.79 Å². The van der Waals surface area contributed by atoms with Gasteiger partial charge in [-0.25, -0.2) is 0 Å². The molecule has 6 heteroatoms. The number of hydrogen-bond acceptors (Lipinski definition) is 4. The largest absolute Gasteiger partial charge is 0.486 e. The van der Waals surface area contributed by atoms with Crippen molar-refractivity contribution in [3.05, 3.63) is 58.8 Å². The van der Waals surface area contributed by atoms with Crippen LogP contribution in [0.15, 0.2) is 46.9 Å². The van der Waals surface area contributed by atoms with Gasteiger partial charge in [-0.2, -0.15) is 0 Å². The summed E-state index contributed by atoms with van der Waals surface area (Å²) in [4.78, 5) is 12.4. The van der Waals surface area contributed by atoms with Gasteiger partial charge in [0.25, 0.3) is 0 Å². The Hall–Kier alpha value is -2.66. The standard InChI is InChI=1S/C20H18ClNO4/c1-12(17-11-14-4-2-3-5-16(14)26-17)22-19(23)10-13-8-15(21)20-18(9-13)24-6-7-25-20/h2-5,8-9,11-12H,6-7,10H2,1H3,(H,22,23). The highest BCUT2D eigenvalue weighted by Gasteiger charge is 2.19. The number of carbonyl (C=O) groups excluding carboxylic acids is 1. The van der Waals surface area contributed by atoms with E-state index >= 15 is 0 Å². The number of benzene rings is 2. The minimum absolute atomic E-state index is 0.120. The number of hydrogen-bond donors (Lipinski definition) is 1. The van der Waals surface area contributed by atoms with Gasteiger partial charge in [0.2, 0.25) is 5.91 Å². The number of amides is 1. The zero-order chi connectivity index (χ0) is 18.1. The third-order valence-electron chi connectivity index (χ3n) is 4.27. The van der Waals surface area contributed by atoms with E-state index < -0.39 is 0 Å². The van der Waals surface area contributed by atoms with Gasteiger partial charge in [-0.15, -0.1) is 0 Å². The molecule has 134 valence electrons. The van der Waals surface area contributed by atoms with Crippen molar-refractivity contribution in [2.75, 3.05) is 13.2 Å². The Kier molecular flexibility index (Phi) is 4.47. The van der Waals surface area contributed by atoms with Crippen LogP contribution in [-0.4, -0.2) is 19.1 Å². The maximum absolute atomic E-state index is 12.4. The summed E-state index contributed by atoms with van der Waals surface area (Å²) in [7, 11) is 0. The molecule has 4 rings (SSSR count). The van der Waals surface area contributed by atoms with Crippen LogP contribution < -0.4 is 14.8 Å². The molecule has 0 radical (unpaired) electrons. The van der Waals surface area contributed by atoms with Gasteiger partial charge in [-0.1, -0.05) is 29.8 Å². The molecule has 1 amide bonds. The van der Waals surface area contributed by atoms with Crippen molar-refractivity contribution in [2.45, 2.75) is 19.4 Å². The second-order valence-electron chi connectivity index (χ2n) is 6.25. The Labute approximate surface area is 155 Å². The lowest BCUT2D eigenvalue weighted by atomic mass is 10.1. The molecule has 0 spiro atoms. The molecule has 3 aromatic rings. The Morgan fingerprint density at radius 3 is 2.85 bits per heavy atom. The zero-order valence-electron chi connectivity index (χ0n) is 14.3. The lowest BCUT2D eigenvalue weighted by Gasteiger charge is -2.20. The monoisotopic (exact) mass is 371 g/mol. The minimum Gasteiger partial charge on any atom is -0.486 e. The van der Waals surface area contributed by atoms with Crippen LogP contribution >= 0.6 is 11.6 Å². The summed E-state index contributed by atoms with van der Waals surface area (Å²) in [6.45, 7) is 2.84. The summed E-state index contributed by atoms with van der Waals surface area (Å²) in [5, 5.41) is 4.43. The van der Waals surface area contributed by atoms with Crippen LogP contribution in [0.3, 0.4) is 0 Å². The molecule has 0 saturated carbocycles. The van der Waals surface area contributed by atoms with E-state index in [4.69, 9.17) is 25.5 Å². The molecule has 2 aromatic carbocycles. The first-order chi connectivity index (χ1) is 12.6. The number of halogens is 1. The molecular weight excluding hydrogens is 354 g/mol. The third kappa shape index (κ3) is 3.35. The maximum atomic E-state index is 12.4. The molecule has 5 nitrogen and oxygen atoms in total. The quantitative estimate of drug-likeness (QED) is 0.743.